The molecule has 0 saturated heterocycles. The molecule has 106 valence electrons. The summed E-state index contributed by atoms with van der Waals surface area (Å²) in [6.45, 7) is 5.62. The van der Waals surface area contributed by atoms with E-state index in [0.717, 1.165) is 6.42 Å². The van der Waals surface area contributed by atoms with E-state index in [0.29, 0.717) is 24.2 Å². The van der Waals surface area contributed by atoms with E-state index in [-0.39, 0.29) is 17.9 Å². The number of hydrogen-bond donors (Lipinski definition) is 1. The van der Waals surface area contributed by atoms with Crippen molar-refractivity contribution in [1.82, 2.24) is 0 Å². The van der Waals surface area contributed by atoms with Crippen molar-refractivity contribution >= 4 is 17.6 Å². The van der Waals surface area contributed by atoms with E-state index in [4.69, 9.17) is 26.2 Å². The number of hydrogen-bond acceptors (Lipinski definition) is 3. The van der Waals surface area contributed by atoms with E-state index in [1.165, 1.54) is 6.07 Å². The molecule has 0 heterocycles. The summed E-state index contributed by atoms with van der Waals surface area (Å²) < 4.78 is 10.8. The van der Waals surface area contributed by atoms with Crippen LogP contribution in [0.15, 0.2) is 18.2 Å². The number of aromatic carboxylic acids is 1. The Bertz CT molecular complexity index is 418. The van der Waals surface area contributed by atoms with Crippen LogP contribution < -0.4 is 4.74 Å². The molecule has 0 aliphatic carbocycles. The molecule has 1 aromatic carbocycles. The Morgan fingerprint density at radius 1 is 1.32 bits per heavy atom. The number of rotatable bonds is 8. The molecule has 0 spiro atoms. The average molecular weight is 287 g/mol. The molecular weight excluding hydrogens is 268 g/mol. The van der Waals surface area contributed by atoms with E-state index < -0.39 is 5.97 Å². The lowest BCUT2D eigenvalue weighted by Crippen LogP contribution is -2.11. The smallest absolute Gasteiger partial charge is 0.339 e. The third-order valence-corrected chi connectivity index (χ3v) is 2.81. The van der Waals surface area contributed by atoms with E-state index in [9.17, 15) is 4.79 Å². The van der Waals surface area contributed by atoms with Crippen molar-refractivity contribution in [1.29, 1.82) is 0 Å². The quantitative estimate of drug-likeness (QED) is 0.743. The predicted molar refractivity (Wildman–Crippen MR) is 74.2 cm³/mol. The van der Waals surface area contributed by atoms with Crippen LogP contribution in [-0.4, -0.2) is 30.9 Å². The van der Waals surface area contributed by atoms with Crippen molar-refractivity contribution < 1.29 is 19.4 Å². The Kier molecular flexibility index (Phi) is 6.67. The maximum Gasteiger partial charge on any atom is 0.339 e. The minimum atomic E-state index is -1.06. The number of para-hydroxylation sites is 1. The molecule has 0 aromatic heterocycles. The first-order valence-corrected chi connectivity index (χ1v) is 6.62. The first kappa shape index (κ1) is 15.8. The van der Waals surface area contributed by atoms with Gasteiger partial charge in [-0.1, -0.05) is 31.5 Å². The molecule has 5 heteroatoms. The van der Waals surface area contributed by atoms with E-state index >= 15 is 0 Å². The molecule has 0 bridgehead atoms. The highest BCUT2D eigenvalue weighted by Gasteiger charge is 2.14. The van der Waals surface area contributed by atoms with Crippen molar-refractivity contribution in [2.75, 3.05) is 19.8 Å². The summed E-state index contributed by atoms with van der Waals surface area (Å²) in [6.07, 6.45) is 0.993. The van der Waals surface area contributed by atoms with Crippen LogP contribution in [0.4, 0.5) is 0 Å². The highest BCUT2D eigenvalue weighted by Crippen LogP contribution is 2.28. The molecule has 0 fully saturated rings. The molecule has 4 nitrogen and oxygen atoms in total. The molecule has 1 N–H and O–H groups in total. The zero-order chi connectivity index (χ0) is 14.3. The summed E-state index contributed by atoms with van der Waals surface area (Å²) in [5.41, 5.74) is 0.0645. The van der Waals surface area contributed by atoms with E-state index in [1.807, 2.05) is 0 Å². The molecule has 1 rings (SSSR count). The zero-order valence-corrected chi connectivity index (χ0v) is 11.9. The Labute approximate surface area is 118 Å². The number of carboxylic acid groups (broad SMARTS) is 1. The number of halogens is 1. The van der Waals surface area contributed by atoms with Crippen LogP contribution in [0.5, 0.6) is 5.75 Å². The number of ether oxygens (including phenoxy) is 2. The molecule has 0 unspecified atom stereocenters. The second-order valence-electron chi connectivity index (χ2n) is 4.57. The van der Waals surface area contributed by atoms with Gasteiger partial charge in [0.15, 0.2) is 5.75 Å². The zero-order valence-electron chi connectivity index (χ0n) is 11.2. The van der Waals surface area contributed by atoms with Gasteiger partial charge in [0.25, 0.3) is 0 Å². The molecule has 0 aliphatic heterocycles. The van der Waals surface area contributed by atoms with Crippen molar-refractivity contribution in [2.45, 2.75) is 20.3 Å². The summed E-state index contributed by atoms with van der Waals surface area (Å²) in [5.74, 6) is -0.259. The van der Waals surface area contributed by atoms with Crippen LogP contribution in [0.3, 0.4) is 0 Å². The first-order valence-electron chi connectivity index (χ1n) is 6.24. The van der Waals surface area contributed by atoms with Crippen LogP contribution in [0.1, 0.15) is 30.6 Å². The molecule has 0 atom stereocenters. The second-order valence-corrected chi connectivity index (χ2v) is 4.97. The summed E-state index contributed by atoms with van der Waals surface area (Å²) in [7, 11) is 0. The van der Waals surface area contributed by atoms with Gasteiger partial charge in [-0.15, -0.1) is 0 Å². The third kappa shape index (κ3) is 5.49. The molecule has 0 amide bonds. The summed E-state index contributed by atoms with van der Waals surface area (Å²) >= 11 is 5.93. The van der Waals surface area contributed by atoms with Gasteiger partial charge in [-0.25, -0.2) is 4.79 Å². The largest absolute Gasteiger partial charge is 0.489 e. The van der Waals surface area contributed by atoms with Gasteiger partial charge >= 0.3 is 5.97 Å². The monoisotopic (exact) mass is 286 g/mol. The van der Waals surface area contributed by atoms with E-state index in [2.05, 4.69) is 13.8 Å². The summed E-state index contributed by atoms with van der Waals surface area (Å²) in [6, 6.07) is 4.64. The van der Waals surface area contributed by atoms with Crippen molar-refractivity contribution in [2.24, 2.45) is 5.92 Å². The topological polar surface area (TPSA) is 55.8 Å². The van der Waals surface area contributed by atoms with Gasteiger partial charge in [0.1, 0.15) is 12.2 Å². The van der Waals surface area contributed by atoms with Gasteiger partial charge in [-0.05, 0) is 24.5 Å². The second kappa shape index (κ2) is 8.02. The lowest BCUT2D eigenvalue weighted by Gasteiger charge is -2.11. The van der Waals surface area contributed by atoms with Crippen LogP contribution in [0, 0.1) is 5.92 Å². The van der Waals surface area contributed by atoms with Crippen LogP contribution in [0.25, 0.3) is 0 Å². The van der Waals surface area contributed by atoms with Crippen molar-refractivity contribution in [3.05, 3.63) is 28.8 Å². The third-order valence-electron chi connectivity index (χ3n) is 2.51. The van der Waals surface area contributed by atoms with Gasteiger partial charge in [0, 0.05) is 6.61 Å². The van der Waals surface area contributed by atoms with Crippen molar-refractivity contribution in [3.8, 4) is 5.75 Å². The van der Waals surface area contributed by atoms with Crippen LogP contribution >= 0.6 is 11.6 Å². The summed E-state index contributed by atoms with van der Waals surface area (Å²) in [4.78, 5) is 11.0. The minimum Gasteiger partial charge on any atom is -0.489 e. The molecule has 0 radical (unpaired) electrons. The first-order chi connectivity index (χ1) is 9.02. The SMILES string of the molecule is CC(C)CCOCCOc1c(Cl)cccc1C(=O)O. The molecule has 1 aromatic rings. The number of carbonyl (C=O) groups is 1. The average Bonchev–Trinajstić information content (AvgIpc) is 2.34. The van der Waals surface area contributed by atoms with Crippen LogP contribution in [-0.2, 0) is 4.74 Å². The lowest BCUT2D eigenvalue weighted by atomic mass is 10.1. The predicted octanol–water partition coefficient (Wildman–Crippen LogP) is 3.48. The summed E-state index contributed by atoms with van der Waals surface area (Å²) in [5, 5.41) is 9.32. The highest BCUT2D eigenvalue weighted by molar-refractivity contribution is 6.32. The Hall–Kier alpha value is -1.26. The van der Waals surface area contributed by atoms with Gasteiger partial charge in [0.05, 0.1) is 11.6 Å². The van der Waals surface area contributed by atoms with E-state index in [1.54, 1.807) is 12.1 Å². The highest BCUT2D eigenvalue weighted by atomic mass is 35.5. The fraction of sp³-hybridized carbons (Fsp3) is 0.500. The standard InChI is InChI=1S/C14H19ClO4/c1-10(2)6-7-18-8-9-19-13-11(14(16)17)4-3-5-12(13)15/h3-5,10H,6-9H2,1-2H3,(H,16,17). The normalized spacial score (nSPS) is 10.7. The van der Waals surface area contributed by atoms with Gasteiger partial charge in [-0.3, -0.25) is 0 Å². The van der Waals surface area contributed by atoms with Gasteiger partial charge in [-0.2, -0.15) is 0 Å². The van der Waals surface area contributed by atoms with Crippen LogP contribution in [0.2, 0.25) is 5.02 Å². The Morgan fingerprint density at radius 3 is 2.68 bits per heavy atom. The minimum absolute atomic E-state index is 0.0645. The van der Waals surface area contributed by atoms with Crippen molar-refractivity contribution in [3.63, 3.8) is 0 Å². The molecular formula is C14H19ClO4. The number of benzene rings is 1. The maximum atomic E-state index is 11.0. The fourth-order valence-corrected chi connectivity index (χ4v) is 1.68. The van der Waals surface area contributed by atoms with Gasteiger partial charge in [0.2, 0.25) is 0 Å². The Morgan fingerprint density at radius 2 is 2.05 bits per heavy atom. The molecule has 0 saturated carbocycles. The molecule has 19 heavy (non-hydrogen) atoms. The Balaban J connectivity index is 2.43. The number of carboxylic acids is 1. The fourth-order valence-electron chi connectivity index (χ4n) is 1.45. The lowest BCUT2D eigenvalue weighted by molar-refractivity contribution is 0.0683. The van der Waals surface area contributed by atoms with Gasteiger partial charge < -0.3 is 14.6 Å². The molecule has 0 aliphatic rings. The maximum absolute atomic E-state index is 11.0.